The van der Waals surface area contributed by atoms with E-state index in [0.29, 0.717) is 33.3 Å². The molecule has 0 spiro atoms. The first-order chi connectivity index (χ1) is 14.5. The lowest BCUT2D eigenvalue weighted by Gasteiger charge is -2.05. The Hall–Kier alpha value is -2.10. The number of ether oxygens (including phenoxy) is 1. The highest BCUT2D eigenvalue weighted by Crippen LogP contribution is 2.22. The van der Waals surface area contributed by atoms with E-state index in [1.54, 1.807) is 48.5 Å². The predicted octanol–water partition coefficient (Wildman–Crippen LogP) is 7.94. The summed E-state index contributed by atoms with van der Waals surface area (Å²) < 4.78 is 5.35. The van der Waals surface area contributed by atoms with Gasteiger partial charge in [0.05, 0.1) is 0 Å². The van der Waals surface area contributed by atoms with Crippen LogP contribution in [0, 0.1) is 0 Å². The Kier molecular flexibility index (Phi) is 10.7. The van der Waals surface area contributed by atoms with Gasteiger partial charge in [0, 0.05) is 22.0 Å². The smallest absolute Gasteiger partial charge is 0.311 e. The molecule has 0 N–H and O–H groups in total. The van der Waals surface area contributed by atoms with Gasteiger partial charge in [-0.15, -0.1) is 0 Å². The number of unbranched alkanes of at least 4 members (excludes halogenated alkanes) is 6. The minimum atomic E-state index is -0.236. The van der Waals surface area contributed by atoms with Gasteiger partial charge in [-0.2, -0.15) is 0 Å². The van der Waals surface area contributed by atoms with E-state index < -0.39 is 0 Å². The van der Waals surface area contributed by atoms with E-state index in [9.17, 15) is 9.59 Å². The fourth-order valence-electron chi connectivity index (χ4n) is 2.99. The number of esters is 1. The number of carbonyl (C=O) groups excluding carboxylic acids is 2. The third kappa shape index (κ3) is 8.73. The van der Waals surface area contributed by atoms with E-state index in [2.05, 4.69) is 6.92 Å². The molecule has 0 aliphatic heterocycles. The standard InChI is InChI=1S/C25H28Cl2O3/c1-2-3-4-5-6-7-8-9-25(29)30-22-15-11-20(12-16-22)24(28)17-13-19-10-14-21(26)18-23(19)27/h10-18H,2-9H2,1H3/b17-13+. The van der Waals surface area contributed by atoms with Gasteiger partial charge in [-0.3, -0.25) is 9.59 Å². The van der Waals surface area contributed by atoms with E-state index >= 15 is 0 Å². The van der Waals surface area contributed by atoms with Gasteiger partial charge in [0.2, 0.25) is 0 Å². The second kappa shape index (κ2) is 13.3. The zero-order valence-electron chi connectivity index (χ0n) is 17.3. The van der Waals surface area contributed by atoms with Crippen LogP contribution < -0.4 is 4.74 Å². The van der Waals surface area contributed by atoms with Crippen LogP contribution in [0.5, 0.6) is 5.75 Å². The van der Waals surface area contributed by atoms with Crippen LogP contribution in [0.2, 0.25) is 10.0 Å². The first kappa shape index (κ1) is 24.2. The lowest BCUT2D eigenvalue weighted by Crippen LogP contribution is -2.07. The van der Waals surface area contributed by atoms with Gasteiger partial charge in [0.1, 0.15) is 5.75 Å². The zero-order valence-corrected chi connectivity index (χ0v) is 18.8. The van der Waals surface area contributed by atoms with Gasteiger partial charge in [-0.25, -0.2) is 0 Å². The van der Waals surface area contributed by atoms with Crippen LogP contribution in [0.3, 0.4) is 0 Å². The molecule has 0 atom stereocenters. The third-order valence-electron chi connectivity index (χ3n) is 4.73. The van der Waals surface area contributed by atoms with Crippen LogP contribution in [0.15, 0.2) is 48.5 Å². The molecular weight excluding hydrogens is 419 g/mol. The third-order valence-corrected chi connectivity index (χ3v) is 5.29. The summed E-state index contributed by atoms with van der Waals surface area (Å²) >= 11 is 12.0. The van der Waals surface area contributed by atoms with Crippen molar-refractivity contribution in [3.63, 3.8) is 0 Å². The van der Waals surface area contributed by atoms with Crippen LogP contribution >= 0.6 is 23.2 Å². The number of hydrogen-bond donors (Lipinski definition) is 0. The Balaban J connectivity index is 1.77. The molecule has 0 radical (unpaired) electrons. The van der Waals surface area contributed by atoms with Crippen LogP contribution in [0.4, 0.5) is 0 Å². The van der Waals surface area contributed by atoms with E-state index in [1.165, 1.54) is 38.2 Å². The van der Waals surface area contributed by atoms with E-state index in [-0.39, 0.29) is 11.8 Å². The van der Waals surface area contributed by atoms with Crippen LogP contribution in [-0.4, -0.2) is 11.8 Å². The molecule has 0 unspecified atom stereocenters. The first-order valence-electron chi connectivity index (χ1n) is 10.5. The molecule has 160 valence electrons. The number of ketones is 1. The molecule has 0 saturated carbocycles. The normalized spacial score (nSPS) is 11.0. The summed E-state index contributed by atoms with van der Waals surface area (Å²) in [5.74, 6) is 0.0473. The van der Waals surface area contributed by atoms with Gasteiger partial charge >= 0.3 is 5.97 Å². The topological polar surface area (TPSA) is 43.4 Å². The molecule has 3 nitrogen and oxygen atoms in total. The van der Waals surface area contributed by atoms with Crippen molar-refractivity contribution < 1.29 is 14.3 Å². The maximum Gasteiger partial charge on any atom is 0.311 e. The number of halogens is 2. The van der Waals surface area contributed by atoms with E-state index in [0.717, 1.165) is 12.8 Å². The lowest BCUT2D eigenvalue weighted by molar-refractivity contribution is -0.134. The number of rotatable bonds is 12. The molecule has 0 saturated heterocycles. The van der Waals surface area contributed by atoms with Gasteiger partial charge in [0.15, 0.2) is 5.78 Å². The summed E-state index contributed by atoms with van der Waals surface area (Å²) in [6.45, 7) is 2.20. The largest absolute Gasteiger partial charge is 0.427 e. The number of carbonyl (C=O) groups is 2. The Morgan fingerprint density at radius 3 is 2.23 bits per heavy atom. The van der Waals surface area contributed by atoms with Crippen molar-refractivity contribution in [1.82, 2.24) is 0 Å². The molecule has 0 fully saturated rings. The maximum absolute atomic E-state index is 12.3. The van der Waals surface area contributed by atoms with Gasteiger partial charge in [0.25, 0.3) is 0 Å². The summed E-state index contributed by atoms with van der Waals surface area (Å²) in [4.78, 5) is 24.3. The minimum Gasteiger partial charge on any atom is -0.427 e. The molecular formula is C25H28Cl2O3. The second-order valence-electron chi connectivity index (χ2n) is 7.23. The highest BCUT2D eigenvalue weighted by Gasteiger charge is 2.07. The number of benzene rings is 2. The number of allylic oxidation sites excluding steroid dienone is 1. The average Bonchev–Trinajstić information content (AvgIpc) is 2.73. The van der Waals surface area contributed by atoms with Crippen molar-refractivity contribution >= 4 is 41.0 Å². The molecule has 0 heterocycles. The molecule has 2 aromatic rings. The van der Waals surface area contributed by atoms with Gasteiger partial charge < -0.3 is 4.74 Å². The summed E-state index contributed by atoms with van der Waals surface area (Å²) in [5.41, 5.74) is 1.22. The SMILES string of the molecule is CCCCCCCCCC(=O)Oc1ccc(C(=O)/C=C/c2ccc(Cl)cc2Cl)cc1. The summed E-state index contributed by atoms with van der Waals surface area (Å²) in [6.07, 6.45) is 11.6. The Morgan fingerprint density at radius 1 is 0.900 bits per heavy atom. The fourth-order valence-corrected chi connectivity index (χ4v) is 3.47. The second-order valence-corrected chi connectivity index (χ2v) is 8.08. The monoisotopic (exact) mass is 446 g/mol. The van der Waals surface area contributed by atoms with Crippen molar-refractivity contribution in [3.8, 4) is 5.75 Å². The molecule has 0 aliphatic carbocycles. The van der Waals surface area contributed by atoms with Crippen molar-refractivity contribution in [3.05, 3.63) is 69.7 Å². The predicted molar refractivity (Wildman–Crippen MR) is 125 cm³/mol. The Morgan fingerprint density at radius 2 is 1.57 bits per heavy atom. The number of hydrogen-bond acceptors (Lipinski definition) is 3. The quantitative estimate of drug-likeness (QED) is 0.109. The van der Waals surface area contributed by atoms with Crippen molar-refractivity contribution in [2.45, 2.75) is 58.3 Å². The van der Waals surface area contributed by atoms with Crippen LogP contribution in [0.25, 0.3) is 6.08 Å². The Labute approximate surface area is 189 Å². The van der Waals surface area contributed by atoms with Crippen molar-refractivity contribution in [2.75, 3.05) is 0 Å². The van der Waals surface area contributed by atoms with E-state index in [1.807, 2.05) is 0 Å². The maximum atomic E-state index is 12.3. The summed E-state index contributed by atoms with van der Waals surface area (Å²) in [7, 11) is 0. The van der Waals surface area contributed by atoms with E-state index in [4.69, 9.17) is 27.9 Å². The van der Waals surface area contributed by atoms with Crippen LogP contribution in [0.1, 0.15) is 74.2 Å². The summed E-state index contributed by atoms with van der Waals surface area (Å²) in [6, 6.07) is 11.7. The Bertz CT molecular complexity index is 857. The molecule has 2 aromatic carbocycles. The first-order valence-corrected chi connectivity index (χ1v) is 11.2. The van der Waals surface area contributed by atoms with Crippen molar-refractivity contribution in [2.24, 2.45) is 0 Å². The lowest BCUT2D eigenvalue weighted by atomic mass is 10.1. The average molecular weight is 447 g/mol. The van der Waals surface area contributed by atoms with Gasteiger partial charge in [-0.1, -0.05) is 74.7 Å². The highest BCUT2D eigenvalue weighted by molar-refractivity contribution is 6.35. The molecule has 2 rings (SSSR count). The molecule has 0 bridgehead atoms. The molecule has 30 heavy (non-hydrogen) atoms. The summed E-state index contributed by atoms with van der Waals surface area (Å²) in [5, 5.41) is 1.02. The fraction of sp³-hybridized carbons (Fsp3) is 0.360. The highest BCUT2D eigenvalue weighted by atomic mass is 35.5. The van der Waals surface area contributed by atoms with Crippen LogP contribution in [-0.2, 0) is 4.79 Å². The molecule has 5 heteroatoms. The molecule has 0 amide bonds. The molecule has 0 aromatic heterocycles. The minimum absolute atomic E-state index is 0.165. The molecule has 0 aliphatic rings. The van der Waals surface area contributed by atoms with Crippen molar-refractivity contribution in [1.29, 1.82) is 0 Å². The zero-order chi connectivity index (χ0) is 21.8. The van der Waals surface area contributed by atoms with Gasteiger partial charge in [-0.05, 0) is 60.5 Å².